The van der Waals surface area contributed by atoms with Gasteiger partial charge in [0.15, 0.2) is 0 Å². The average Bonchev–Trinajstić information content (AvgIpc) is 2.29. The summed E-state index contributed by atoms with van der Waals surface area (Å²) in [6.45, 7) is 6.18. The zero-order valence-electron chi connectivity index (χ0n) is 10.1. The van der Waals surface area contributed by atoms with E-state index in [2.05, 4.69) is 5.32 Å². The lowest BCUT2D eigenvalue weighted by molar-refractivity contribution is 0.163. The van der Waals surface area contributed by atoms with Crippen LogP contribution in [0.5, 0.6) is 0 Å². The second-order valence-corrected chi connectivity index (χ2v) is 4.20. The Balaban J connectivity index is 2.59. The van der Waals surface area contributed by atoms with Gasteiger partial charge in [-0.2, -0.15) is 0 Å². The molecule has 2 atom stereocenters. The summed E-state index contributed by atoms with van der Waals surface area (Å²) in [6, 6.07) is 5.29. The quantitative estimate of drug-likeness (QED) is 0.807. The van der Waals surface area contributed by atoms with Gasteiger partial charge in [0.1, 0.15) is 5.82 Å². The Labute approximate surface area is 96.5 Å². The minimum Gasteiger partial charge on any atom is -0.392 e. The van der Waals surface area contributed by atoms with Crippen LogP contribution >= 0.6 is 0 Å². The average molecular weight is 225 g/mol. The topological polar surface area (TPSA) is 32.3 Å². The Kier molecular flexibility index (Phi) is 4.90. The summed E-state index contributed by atoms with van der Waals surface area (Å²) in [7, 11) is 0. The molecule has 90 valence electrons. The molecule has 2 nitrogen and oxygen atoms in total. The number of hydrogen-bond donors (Lipinski definition) is 2. The summed E-state index contributed by atoms with van der Waals surface area (Å²) in [5.74, 6) is -0.179. The number of aliphatic hydroxyl groups excluding tert-OH is 1. The Morgan fingerprint density at radius 3 is 2.69 bits per heavy atom. The Morgan fingerprint density at radius 1 is 1.44 bits per heavy atom. The van der Waals surface area contributed by atoms with Crippen LogP contribution in [0.25, 0.3) is 0 Å². The van der Waals surface area contributed by atoms with E-state index in [1.54, 1.807) is 19.1 Å². The van der Waals surface area contributed by atoms with Crippen LogP contribution in [0.4, 0.5) is 4.39 Å². The number of aliphatic hydroxyl groups is 1. The molecule has 1 unspecified atom stereocenters. The van der Waals surface area contributed by atoms with Crippen molar-refractivity contribution in [2.24, 2.45) is 0 Å². The molecule has 0 spiro atoms. The summed E-state index contributed by atoms with van der Waals surface area (Å²) in [6.07, 6.45) is 0.389. The maximum Gasteiger partial charge on any atom is 0.126 e. The minimum atomic E-state index is -0.335. The van der Waals surface area contributed by atoms with Crippen LogP contribution in [0.3, 0.4) is 0 Å². The normalized spacial score (nSPS) is 14.8. The number of halogens is 1. The first-order chi connectivity index (χ1) is 7.54. The van der Waals surface area contributed by atoms with Gasteiger partial charge in [-0.1, -0.05) is 19.1 Å². The monoisotopic (exact) mass is 225 g/mol. The zero-order chi connectivity index (χ0) is 12.1. The molecule has 2 N–H and O–H groups in total. The summed E-state index contributed by atoms with van der Waals surface area (Å²) in [5, 5.41) is 12.6. The van der Waals surface area contributed by atoms with Gasteiger partial charge in [0.25, 0.3) is 0 Å². The van der Waals surface area contributed by atoms with Crippen molar-refractivity contribution in [2.75, 3.05) is 6.54 Å². The molecule has 0 amide bonds. The molecule has 0 aliphatic heterocycles. The van der Waals surface area contributed by atoms with Crippen molar-refractivity contribution in [3.8, 4) is 0 Å². The number of aryl methyl sites for hydroxylation is 1. The van der Waals surface area contributed by atoms with Crippen molar-refractivity contribution in [1.82, 2.24) is 5.32 Å². The highest BCUT2D eigenvalue weighted by molar-refractivity contribution is 5.25. The molecule has 0 aliphatic rings. The van der Waals surface area contributed by atoms with Crippen molar-refractivity contribution in [2.45, 2.75) is 39.3 Å². The van der Waals surface area contributed by atoms with Crippen molar-refractivity contribution in [1.29, 1.82) is 0 Å². The first-order valence-electron chi connectivity index (χ1n) is 5.72. The zero-order valence-corrected chi connectivity index (χ0v) is 10.1. The lowest BCUT2D eigenvalue weighted by Gasteiger charge is -2.17. The molecule has 16 heavy (non-hydrogen) atoms. The van der Waals surface area contributed by atoms with Gasteiger partial charge in [0, 0.05) is 12.6 Å². The van der Waals surface area contributed by atoms with Gasteiger partial charge in [0.05, 0.1) is 6.10 Å². The van der Waals surface area contributed by atoms with E-state index < -0.39 is 0 Å². The van der Waals surface area contributed by atoms with Gasteiger partial charge in [0.2, 0.25) is 0 Å². The summed E-state index contributed by atoms with van der Waals surface area (Å²) >= 11 is 0. The molecule has 0 heterocycles. The Bertz CT molecular complexity index is 341. The van der Waals surface area contributed by atoms with Crippen molar-refractivity contribution in [3.05, 3.63) is 35.1 Å². The molecular formula is C13H20FNO. The first-order valence-corrected chi connectivity index (χ1v) is 5.72. The number of benzene rings is 1. The maximum atomic E-state index is 13.3. The molecule has 1 rings (SSSR count). The van der Waals surface area contributed by atoms with E-state index >= 15 is 0 Å². The predicted molar refractivity (Wildman–Crippen MR) is 63.9 cm³/mol. The molecule has 1 aromatic carbocycles. The van der Waals surface area contributed by atoms with Gasteiger partial charge in [-0.3, -0.25) is 0 Å². The second-order valence-electron chi connectivity index (χ2n) is 4.20. The second kappa shape index (κ2) is 5.97. The Morgan fingerprint density at radius 2 is 2.12 bits per heavy atom. The SMILES string of the molecule is CC[C@@H](O)CNC(C)c1ccc(C)c(F)c1. The molecule has 0 aromatic heterocycles. The van der Waals surface area contributed by atoms with E-state index in [9.17, 15) is 9.50 Å². The van der Waals surface area contributed by atoms with Crippen LogP contribution < -0.4 is 5.32 Å². The number of nitrogens with one attached hydrogen (secondary N) is 1. The highest BCUT2D eigenvalue weighted by Gasteiger charge is 2.08. The molecule has 0 saturated heterocycles. The van der Waals surface area contributed by atoms with Crippen LogP contribution in [0, 0.1) is 12.7 Å². The highest BCUT2D eigenvalue weighted by atomic mass is 19.1. The predicted octanol–water partition coefficient (Wildman–Crippen LogP) is 2.56. The molecule has 3 heteroatoms. The van der Waals surface area contributed by atoms with Crippen molar-refractivity contribution < 1.29 is 9.50 Å². The molecule has 0 saturated carbocycles. The lowest BCUT2D eigenvalue weighted by Crippen LogP contribution is -2.28. The van der Waals surface area contributed by atoms with Crippen molar-refractivity contribution in [3.63, 3.8) is 0 Å². The van der Waals surface area contributed by atoms with Crippen LogP contribution in [-0.2, 0) is 0 Å². The van der Waals surface area contributed by atoms with Crippen LogP contribution in [0.15, 0.2) is 18.2 Å². The third-order valence-electron chi connectivity index (χ3n) is 2.83. The largest absolute Gasteiger partial charge is 0.392 e. The standard InChI is InChI=1S/C13H20FNO/c1-4-12(16)8-15-10(3)11-6-5-9(2)13(14)7-11/h5-7,10,12,15-16H,4,8H2,1-3H3/t10?,12-/m1/s1. The summed E-state index contributed by atoms with van der Waals surface area (Å²) < 4.78 is 13.3. The molecule has 1 aromatic rings. The van der Waals surface area contributed by atoms with Gasteiger partial charge in [-0.05, 0) is 37.5 Å². The lowest BCUT2D eigenvalue weighted by atomic mass is 10.1. The number of rotatable bonds is 5. The third-order valence-corrected chi connectivity index (χ3v) is 2.83. The molecular weight excluding hydrogens is 205 g/mol. The first kappa shape index (κ1) is 13.1. The summed E-state index contributed by atoms with van der Waals surface area (Å²) in [5.41, 5.74) is 1.57. The molecule has 0 fully saturated rings. The van der Waals surface area contributed by atoms with Gasteiger partial charge >= 0.3 is 0 Å². The minimum absolute atomic E-state index is 0.0521. The van der Waals surface area contributed by atoms with Gasteiger partial charge in [-0.25, -0.2) is 4.39 Å². The maximum absolute atomic E-state index is 13.3. The molecule has 0 radical (unpaired) electrons. The van der Waals surface area contributed by atoms with E-state index in [0.29, 0.717) is 12.1 Å². The third kappa shape index (κ3) is 3.58. The molecule has 0 aliphatic carbocycles. The molecule has 0 bridgehead atoms. The van der Waals surface area contributed by atoms with Crippen LogP contribution in [0.1, 0.15) is 37.4 Å². The van der Waals surface area contributed by atoms with E-state index in [-0.39, 0.29) is 18.0 Å². The fourth-order valence-electron chi connectivity index (χ4n) is 1.45. The van der Waals surface area contributed by atoms with Crippen LogP contribution in [-0.4, -0.2) is 17.8 Å². The van der Waals surface area contributed by atoms with Gasteiger partial charge in [-0.15, -0.1) is 0 Å². The van der Waals surface area contributed by atoms with Gasteiger partial charge < -0.3 is 10.4 Å². The number of hydrogen-bond acceptors (Lipinski definition) is 2. The van der Waals surface area contributed by atoms with E-state index in [4.69, 9.17) is 0 Å². The fraction of sp³-hybridized carbons (Fsp3) is 0.538. The smallest absolute Gasteiger partial charge is 0.126 e. The summed E-state index contributed by atoms with van der Waals surface area (Å²) in [4.78, 5) is 0. The fourth-order valence-corrected chi connectivity index (χ4v) is 1.45. The van der Waals surface area contributed by atoms with E-state index in [1.165, 1.54) is 0 Å². The Hall–Kier alpha value is -0.930. The van der Waals surface area contributed by atoms with E-state index in [0.717, 1.165) is 12.0 Å². The highest BCUT2D eigenvalue weighted by Crippen LogP contribution is 2.16. The van der Waals surface area contributed by atoms with Crippen LogP contribution in [0.2, 0.25) is 0 Å². The van der Waals surface area contributed by atoms with Crippen molar-refractivity contribution >= 4 is 0 Å². The van der Waals surface area contributed by atoms with E-state index in [1.807, 2.05) is 19.9 Å².